The van der Waals surface area contributed by atoms with Crippen LogP contribution in [0.5, 0.6) is 0 Å². The number of anilines is 1. The number of aryl methyl sites for hydroxylation is 4. The molecule has 0 aliphatic heterocycles. The number of nitro groups is 1. The highest BCUT2D eigenvalue weighted by molar-refractivity contribution is 5.51. The van der Waals surface area contributed by atoms with E-state index >= 15 is 0 Å². The smallest absolute Gasteiger partial charge is 0.272 e. The molecule has 0 saturated heterocycles. The van der Waals surface area contributed by atoms with Crippen molar-refractivity contribution in [2.24, 2.45) is 0 Å². The van der Waals surface area contributed by atoms with Gasteiger partial charge in [-0.2, -0.15) is 0 Å². The second-order valence-corrected chi connectivity index (χ2v) is 5.25. The molecule has 0 atom stereocenters. The predicted octanol–water partition coefficient (Wildman–Crippen LogP) is 3.06. The molecule has 102 valence electrons. The summed E-state index contributed by atoms with van der Waals surface area (Å²) in [7, 11) is 0. The van der Waals surface area contributed by atoms with Gasteiger partial charge in [-0.1, -0.05) is 24.3 Å². The van der Waals surface area contributed by atoms with E-state index in [1.165, 1.54) is 5.56 Å². The standard InChI is InChI=1S/C16H16N2O2/c17-15-9-11-1-2-12-4-6-14(16(10-12)18(19)20)8-7-13(15)5-3-11/h3-6,9-10H,1-2,7-8,17H2. The van der Waals surface area contributed by atoms with E-state index in [2.05, 4.69) is 6.07 Å². The van der Waals surface area contributed by atoms with Crippen LogP contribution in [0.25, 0.3) is 0 Å². The molecular formula is C16H16N2O2. The molecule has 6 rings (SSSR count). The number of hydrogen-bond donors (Lipinski definition) is 1. The number of nitrogens with zero attached hydrogens (tertiary/aromatic N) is 1. The van der Waals surface area contributed by atoms with Gasteiger partial charge in [-0.25, -0.2) is 0 Å². The monoisotopic (exact) mass is 268 g/mol. The Morgan fingerprint density at radius 3 is 2.15 bits per heavy atom. The number of benzene rings is 2. The first kappa shape index (κ1) is 12.7. The lowest BCUT2D eigenvalue weighted by Gasteiger charge is -2.12. The Morgan fingerprint density at radius 1 is 0.900 bits per heavy atom. The summed E-state index contributed by atoms with van der Waals surface area (Å²) in [5.74, 6) is 0. The van der Waals surface area contributed by atoms with Crippen LogP contribution in [0, 0.1) is 10.1 Å². The molecule has 0 aromatic heterocycles. The minimum absolute atomic E-state index is 0.232. The summed E-state index contributed by atoms with van der Waals surface area (Å²) in [5, 5.41) is 11.2. The van der Waals surface area contributed by atoms with Crippen LogP contribution in [0.15, 0.2) is 36.4 Å². The number of nitrogen functional groups attached to an aromatic ring is 1. The van der Waals surface area contributed by atoms with Gasteiger partial charge in [0.15, 0.2) is 0 Å². The van der Waals surface area contributed by atoms with E-state index in [1.807, 2.05) is 24.3 Å². The van der Waals surface area contributed by atoms with Crippen LogP contribution < -0.4 is 5.73 Å². The second-order valence-electron chi connectivity index (χ2n) is 5.25. The first-order valence-corrected chi connectivity index (χ1v) is 6.77. The van der Waals surface area contributed by atoms with Gasteiger partial charge in [-0.15, -0.1) is 0 Å². The molecule has 20 heavy (non-hydrogen) atoms. The van der Waals surface area contributed by atoms with Gasteiger partial charge >= 0.3 is 0 Å². The number of hydrogen-bond acceptors (Lipinski definition) is 3. The van der Waals surface area contributed by atoms with E-state index in [-0.39, 0.29) is 10.6 Å². The van der Waals surface area contributed by atoms with Crippen LogP contribution in [0.2, 0.25) is 0 Å². The Kier molecular flexibility index (Phi) is 3.14. The molecular weight excluding hydrogens is 252 g/mol. The lowest BCUT2D eigenvalue weighted by atomic mass is 9.94. The topological polar surface area (TPSA) is 69.2 Å². The summed E-state index contributed by atoms with van der Waals surface area (Å²) in [5.41, 5.74) is 11.1. The number of rotatable bonds is 1. The van der Waals surface area contributed by atoms with Crippen molar-refractivity contribution >= 4 is 11.4 Å². The minimum atomic E-state index is -0.282. The zero-order valence-corrected chi connectivity index (χ0v) is 11.1. The molecule has 0 fully saturated rings. The molecule has 0 spiro atoms. The van der Waals surface area contributed by atoms with Crippen molar-refractivity contribution in [3.8, 4) is 0 Å². The quantitative estimate of drug-likeness (QED) is 0.491. The molecule has 0 radical (unpaired) electrons. The van der Waals surface area contributed by atoms with E-state index in [1.54, 1.807) is 6.07 Å². The Morgan fingerprint density at radius 2 is 1.50 bits per heavy atom. The lowest BCUT2D eigenvalue weighted by molar-refractivity contribution is -0.385. The largest absolute Gasteiger partial charge is 0.398 e. The molecule has 4 nitrogen and oxygen atoms in total. The summed E-state index contributed by atoms with van der Waals surface area (Å²) in [6.45, 7) is 0. The molecule has 2 aromatic rings. The number of nitro benzene ring substituents is 1. The van der Waals surface area contributed by atoms with Gasteiger partial charge in [-0.3, -0.25) is 10.1 Å². The van der Waals surface area contributed by atoms with Crippen LogP contribution in [0.4, 0.5) is 11.4 Å². The second kappa shape index (κ2) is 4.96. The van der Waals surface area contributed by atoms with Crippen LogP contribution in [-0.2, 0) is 25.7 Å². The third-order valence-electron chi connectivity index (χ3n) is 3.92. The van der Waals surface area contributed by atoms with E-state index in [0.717, 1.165) is 41.6 Å². The van der Waals surface area contributed by atoms with Gasteiger partial charge in [0.25, 0.3) is 5.69 Å². The maximum absolute atomic E-state index is 11.2. The Balaban J connectivity index is 2.06. The molecule has 0 heterocycles. The maximum atomic E-state index is 11.2. The summed E-state index contributed by atoms with van der Waals surface area (Å²) >= 11 is 0. The average molecular weight is 268 g/mol. The van der Waals surface area contributed by atoms with Crippen LogP contribution in [0.3, 0.4) is 0 Å². The maximum Gasteiger partial charge on any atom is 0.272 e. The zero-order valence-electron chi connectivity index (χ0n) is 11.1. The predicted molar refractivity (Wildman–Crippen MR) is 78.8 cm³/mol. The molecule has 4 bridgehead atoms. The molecule has 2 N–H and O–H groups in total. The fourth-order valence-electron chi connectivity index (χ4n) is 2.73. The molecule has 2 aromatic carbocycles. The summed E-state index contributed by atoms with van der Waals surface area (Å²) < 4.78 is 0. The Bertz CT molecular complexity index is 680. The third kappa shape index (κ3) is 2.37. The van der Waals surface area contributed by atoms with Crippen molar-refractivity contribution in [1.29, 1.82) is 0 Å². The van der Waals surface area contributed by atoms with Crippen molar-refractivity contribution < 1.29 is 4.92 Å². The molecule has 4 aliphatic rings. The normalized spacial score (nSPS) is 13.8. The first-order chi connectivity index (χ1) is 9.63. The van der Waals surface area contributed by atoms with Gasteiger partial charge in [0.1, 0.15) is 0 Å². The fourth-order valence-corrected chi connectivity index (χ4v) is 2.73. The van der Waals surface area contributed by atoms with E-state index in [4.69, 9.17) is 5.73 Å². The van der Waals surface area contributed by atoms with Crippen molar-refractivity contribution in [1.82, 2.24) is 0 Å². The van der Waals surface area contributed by atoms with Crippen molar-refractivity contribution in [3.63, 3.8) is 0 Å². The molecule has 0 amide bonds. The summed E-state index contributed by atoms with van der Waals surface area (Å²) in [6, 6.07) is 11.8. The highest BCUT2D eigenvalue weighted by Crippen LogP contribution is 2.26. The van der Waals surface area contributed by atoms with Crippen molar-refractivity contribution in [2.45, 2.75) is 25.7 Å². The van der Waals surface area contributed by atoms with Crippen LogP contribution in [-0.4, -0.2) is 4.92 Å². The van der Waals surface area contributed by atoms with Gasteiger partial charge in [0, 0.05) is 17.3 Å². The van der Waals surface area contributed by atoms with Crippen LogP contribution >= 0.6 is 0 Å². The van der Waals surface area contributed by atoms with Gasteiger partial charge < -0.3 is 5.73 Å². The molecule has 0 unspecified atom stereocenters. The first-order valence-electron chi connectivity index (χ1n) is 6.77. The van der Waals surface area contributed by atoms with Gasteiger partial charge in [0.2, 0.25) is 0 Å². The highest BCUT2D eigenvalue weighted by atomic mass is 16.6. The Hall–Kier alpha value is -2.36. The lowest BCUT2D eigenvalue weighted by Crippen LogP contribution is -2.04. The summed E-state index contributed by atoms with van der Waals surface area (Å²) in [4.78, 5) is 10.9. The zero-order chi connectivity index (χ0) is 14.1. The van der Waals surface area contributed by atoms with Gasteiger partial charge in [0.05, 0.1) is 4.92 Å². The molecule has 0 saturated carbocycles. The number of nitrogens with two attached hydrogens (primary N) is 1. The van der Waals surface area contributed by atoms with E-state index in [9.17, 15) is 10.1 Å². The van der Waals surface area contributed by atoms with Crippen molar-refractivity contribution in [3.05, 3.63) is 68.8 Å². The van der Waals surface area contributed by atoms with E-state index < -0.39 is 0 Å². The average Bonchev–Trinajstić information content (AvgIpc) is 2.42. The van der Waals surface area contributed by atoms with Crippen LogP contribution in [0.1, 0.15) is 22.3 Å². The fraction of sp³-hybridized carbons (Fsp3) is 0.250. The minimum Gasteiger partial charge on any atom is -0.398 e. The van der Waals surface area contributed by atoms with Crippen molar-refractivity contribution in [2.75, 3.05) is 5.73 Å². The van der Waals surface area contributed by atoms with E-state index in [0.29, 0.717) is 6.42 Å². The summed E-state index contributed by atoms with van der Waals surface area (Å²) in [6.07, 6.45) is 3.01. The third-order valence-corrected chi connectivity index (χ3v) is 3.92. The molecule has 4 heteroatoms. The van der Waals surface area contributed by atoms with Gasteiger partial charge in [-0.05, 0) is 48.4 Å². The Labute approximate surface area is 117 Å². The molecule has 4 aliphatic carbocycles. The highest BCUT2D eigenvalue weighted by Gasteiger charge is 2.16. The SMILES string of the molecule is Nc1cc2ccc1CCc1ccc(cc1[N+](=O)[O-])CC2.